The van der Waals surface area contributed by atoms with E-state index in [9.17, 15) is 9.18 Å². The first kappa shape index (κ1) is 20.5. The predicted molar refractivity (Wildman–Crippen MR) is 104 cm³/mol. The average Bonchev–Trinajstić information content (AvgIpc) is 2.65. The molecule has 0 unspecified atom stereocenters. The van der Waals surface area contributed by atoms with Crippen molar-refractivity contribution in [3.05, 3.63) is 59.4 Å². The van der Waals surface area contributed by atoms with E-state index in [4.69, 9.17) is 14.2 Å². The van der Waals surface area contributed by atoms with Crippen LogP contribution in [0.25, 0.3) is 6.08 Å². The molecule has 0 fully saturated rings. The number of benzene rings is 2. The van der Waals surface area contributed by atoms with Crippen molar-refractivity contribution in [2.45, 2.75) is 20.3 Å². The second-order valence-electron chi connectivity index (χ2n) is 6.43. The van der Waals surface area contributed by atoms with Gasteiger partial charge in [-0.3, -0.25) is 4.79 Å². The largest absolute Gasteiger partial charge is 0.493 e. The molecule has 0 atom stereocenters. The van der Waals surface area contributed by atoms with E-state index in [-0.39, 0.29) is 24.1 Å². The van der Waals surface area contributed by atoms with Crippen LogP contribution in [0.2, 0.25) is 0 Å². The monoisotopic (exact) mass is 372 g/mol. The molecule has 2 rings (SSSR count). The number of carbonyl (C=O) groups is 1. The molecule has 2 aromatic rings. The lowest BCUT2D eigenvalue weighted by Gasteiger charge is -2.09. The number of hydrogen-bond donors (Lipinski definition) is 0. The zero-order valence-electron chi connectivity index (χ0n) is 16.1. The highest BCUT2D eigenvalue weighted by molar-refractivity contribution is 5.81. The van der Waals surface area contributed by atoms with Crippen LogP contribution in [-0.2, 0) is 11.2 Å². The van der Waals surface area contributed by atoms with Crippen LogP contribution in [0, 0.1) is 11.7 Å². The summed E-state index contributed by atoms with van der Waals surface area (Å²) >= 11 is 0. The zero-order valence-corrected chi connectivity index (χ0v) is 16.1. The molecule has 0 spiro atoms. The third-order valence-corrected chi connectivity index (χ3v) is 4.03. The molecule has 0 aliphatic heterocycles. The Morgan fingerprint density at radius 3 is 2.48 bits per heavy atom. The molecule has 0 radical (unpaired) electrons. The minimum absolute atomic E-state index is 0.0193. The van der Waals surface area contributed by atoms with Crippen molar-refractivity contribution in [2.24, 2.45) is 5.92 Å². The molecule has 0 saturated heterocycles. The number of ketones is 1. The molecule has 0 bridgehead atoms. The standard InChI is InChI=1S/C22H25FO4/c1-15(2)20(24)14-27-19-11-17(10-18(23)13-19)7-5-6-16-8-9-21(25-3)22(12-16)26-4/h5-6,8-13,15H,7,14H2,1-4H3/b6-5+. The summed E-state index contributed by atoms with van der Waals surface area (Å²) in [5.74, 6) is 1.16. The molecule has 0 saturated carbocycles. The Kier molecular flexibility index (Phi) is 7.41. The van der Waals surface area contributed by atoms with Crippen LogP contribution in [0.1, 0.15) is 25.0 Å². The van der Waals surface area contributed by atoms with Gasteiger partial charge in [0.2, 0.25) is 0 Å². The number of allylic oxidation sites excluding steroid dienone is 1. The second-order valence-corrected chi connectivity index (χ2v) is 6.43. The normalized spacial score (nSPS) is 11.0. The van der Waals surface area contributed by atoms with Crippen molar-refractivity contribution in [1.82, 2.24) is 0 Å². The molecule has 0 aliphatic rings. The van der Waals surface area contributed by atoms with Crippen molar-refractivity contribution >= 4 is 11.9 Å². The van der Waals surface area contributed by atoms with Crippen LogP contribution >= 0.6 is 0 Å². The van der Waals surface area contributed by atoms with E-state index in [1.807, 2.05) is 44.2 Å². The zero-order chi connectivity index (χ0) is 19.8. The number of halogens is 1. The van der Waals surface area contributed by atoms with E-state index < -0.39 is 0 Å². The molecule has 0 aromatic heterocycles. The lowest BCUT2D eigenvalue weighted by atomic mass is 10.1. The summed E-state index contributed by atoms with van der Waals surface area (Å²) in [5, 5.41) is 0. The first-order valence-corrected chi connectivity index (χ1v) is 8.76. The predicted octanol–water partition coefficient (Wildman–Crippen LogP) is 4.70. The number of methoxy groups -OCH3 is 2. The molecular formula is C22H25FO4. The maximum absolute atomic E-state index is 13.8. The molecule has 0 aliphatic carbocycles. The SMILES string of the molecule is COc1ccc(/C=C/Cc2cc(F)cc(OCC(=O)C(C)C)c2)cc1OC. The Balaban J connectivity index is 2.05. The number of Topliss-reactive ketones (excluding diaryl/α,β-unsaturated/α-hetero) is 1. The van der Waals surface area contributed by atoms with Gasteiger partial charge in [-0.15, -0.1) is 0 Å². The highest BCUT2D eigenvalue weighted by atomic mass is 19.1. The summed E-state index contributed by atoms with van der Waals surface area (Å²) in [7, 11) is 3.18. The molecule has 0 amide bonds. The van der Waals surface area contributed by atoms with Crippen molar-refractivity contribution in [3.8, 4) is 17.2 Å². The Labute approximate surface area is 159 Å². The lowest BCUT2D eigenvalue weighted by molar-refractivity contribution is -0.123. The number of carbonyl (C=O) groups excluding carboxylic acids is 1. The van der Waals surface area contributed by atoms with Gasteiger partial charge in [0.15, 0.2) is 17.3 Å². The van der Waals surface area contributed by atoms with Gasteiger partial charge in [-0.25, -0.2) is 4.39 Å². The average molecular weight is 372 g/mol. The fraction of sp³-hybridized carbons (Fsp3) is 0.318. The fourth-order valence-electron chi connectivity index (χ4n) is 2.43. The van der Waals surface area contributed by atoms with Gasteiger partial charge in [0.25, 0.3) is 0 Å². The third-order valence-electron chi connectivity index (χ3n) is 4.03. The number of rotatable bonds is 9. The summed E-state index contributed by atoms with van der Waals surface area (Å²) in [6, 6.07) is 10.1. The first-order chi connectivity index (χ1) is 12.9. The van der Waals surface area contributed by atoms with Gasteiger partial charge in [-0.2, -0.15) is 0 Å². The molecule has 4 nitrogen and oxygen atoms in total. The molecule has 2 aromatic carbocycles. The van der Waals surface area contributed by atoms with Crippen molar-refractivity contribution in [3.63, 3.8) is 0 Å². The van der Waals surface area contributed by atoms with E-state index >= 15 is 0 Å². The van der Waals surface area contributed by atoms with Gasteiger partial charge >= 0.3 is 0 Å². The fourth-order valence-corrected chi connectivity index (χ4v) is 2.43. The third kappa shape index (κ3) is 6.13. The quantitative estimate of drug-likeness (QED) is 0.640. The van der Waals surface area contributed by atoms with E-state index in [1.165, 1.54) is 12.1 Å². The highest BCUT2D eigenvalue weighted by Gasteiger charge is 2.09. The minimum atomic E-state index is -0.390. The van der Waals surface area contributed by atoms with Gasteiger partial charge in [0, 0.05) is 12.0 Å². The van der Waals surface area contributed by atoms with E-state index in [0.717, 1.165) is 11.1 Å². The molecular weight excluding hydrogens is 347 g/mol. The summed E-state index contributed by atoms with van der Waals surface area (Å²) in [6.07, 6.45) is 4.38. The summed E-state index contributed by atoms with van der Waals surface area (Å²) in [5.41, 5.74) is 1.71. The Hall–Kier alpha value is -2.82. The van der Waals surface area contributed by atoms with Crippen LogP contribution in [0.3, 0.4) is 0 Å². The maximum atomic E-state index is 13.8. The molecule has 27 heavy (non-hydrogen) atoms. The highest BCUT2D eigenvalue weighted by Crippen LogP contribution is 2.28. The van der Waals surface area contributed by atoms with Crippen molar-refractivity contribution in [2.75, 3.05) is 20.8 Å². The first-order valence-electron chi connectivity index (χ1n) is 8.76. The van der Waals surface area contributed by atoms with Gasteiger partial charge in [-0.05, 0) is 41.8 Å². The van der Waals surface area contributed by atoms with E-state index in [1.54, 1.807) is 20.3 Å². The maximum Gasteiger partial charge on any atom is 0.172 e. The Bertz CT molecular complexity index is 812. The van der Waals surface area contributed by atoms with Crippen molar-refractivity contribution < 1.29 is 23.4 Å². The summed E-state index contributed by atoms with van der Waals surface area (Å²) in [4.78, 5) is 11.7. The molecule has 0 N–H and O–H groups in total. The van der Waals surface area contributed by atoms with Crippen LogP contribution in [0.4, 0.5) is 4.39 Å². The Morgan fingerprint density at radius 2 is 1.81 bits per heavy atom. The molecule has 0 heterocycles. The van der Waals surface area contributed by atoms with Gasteiger partial charge in [0.05, 0.1) is 14.2 Å². The minimum Gasteiger partial charge on any atom is -0.493 e. The molecule has 5 heteroatoms. The van der Waals surface area contributed by atoms with Crippen LogP contribution in [0.15, 0.2) is 42.5 Å². The topological polar surface area (TPSA) is 44.8 Å². The van der Waals surface area contributed by atoms with Gasteiger partial charge in [-0.1, -0.05) is 32.1 Å². The van der Waals surface area contributed by atoms with Gasteiger partial charge < -0.3 is 14.2 Å². The van der Waals surface area contributed by atoms with Crippen LogP contribution in [0.5, 0.6) is 17.2 Å². The lowest BCUT2D eigenvalue weighted by Crippen LogP contribution is -2.16. The number of ether oxygens (including phenoxy) is 3. The van der Waals surface area contributed by atoms with Crippen LogP contribution in [-0.4, -0.2) is 26.6 Å². The number of hydrogen-bond acceptors (Lipinski definition) is 4. The summed E-state index contributed by atoms with van der Waals surface area (Å²) in [6.45, 7) is 3.56. The second kappa shape index (κ2) is 9.76. The summed E-state index contributed by atoms with van der Waals surface area (Å²) < 4.78 is 29.8. The van der Waals surface area contributed by atoms with Crippen LogP contribution < -0.4 is 14.2 Å². The van der Waals surface area contributed by atoms with E-state index in [2.05, 4.69) is 0 Å². The van der Waals surface area contributed by atoms with Crippen molar-refractivity contribution in [1.29, 1.82) is 0 Å². The van der Waals surface area contributed by atoms with E-state index in [0.29, 0.717) is 23.7 Å². The smallest absolute Gasteiger partial charge is 0.172 e. The molecule has 144 valence electrons. The van der Waals surface area contributed by atoms with Gasteiger partial charge in [0.1, 0.15) is 18.2 Å². The Morgan fingerprint density at radius 1 is 1.07 bits per heavy atom.